The van der Waals surface area contributed by atoms with Crippen molar-refractivity contribution in [3.05, 3.63) is 40.5 Å². The predicted octanol–water partition coefficient (Wildman–Crippen LogP) is 2.96. The Bertz CT molecular complexity index is 1200. The van der Waals surface area contributed by atoms with Crippen molar-refractivity contribution < 1.29 is 9.59 Å². The molecule has 33 heavy (non-hydrogen) atoms. The predicted molar refractivity (Wildman–Crippen MR) is 129 cm³/mol. The molecule has 3 aromatic heterocycles. The zero-order valence-corrected chi connectivity index (χ0v) is 19.8. The van der Waals surface area contributed by atoms with Crippen LogP contribution < -0.4 is 16.0 Å². The fraction of sp³-hybridized carbons (Fsp3) is 0.478. The van der Waals surface area contributed by atoms with Gasteiger partial charge in [0.15, 0.2) is 5.65 Å². The third kappa shape index (κ3) is 4.20. The van der Waals surface area contributed by atoms with Gasteiger partial charge >= 0.3 is 0 Å². The molecule has 0 bridgehead atoms. The third-order valence-electron chi connectivity index (χ3n) is 6.44. The van der Waals surface area contributed by atoms with Gasteiger partial charge < -0.3 is 20.9 Å². The van der Waals surface area contributed by atoms with E-state index in [1.54, 1.807) is 6.07 Å². The number of likely N-dealkylation sites (tertiary alicyclic amines) is 1. The van der Waals surface area contributed by atoms with Crippen molar-refractivity contribution in [1.29, 1.82) is 0 Å². The van der Waals surface area contributed by atoms with Crippen LogP contribution in [-0.4, -0.2) is 57.0 Å². The van der Waals surface area contributed by atoms with Crippen molar-refractivity contribution in [2.24, 2.45) is 5.73 Å². The number of nitrogens with zero attached hydrogens (tertiary/aromatic N) is 5. The second kappa shape index (κ2) is 8.75. The first-order valence-electron chi connectivity index (χ1n) is 11.4. The topological polar surface area (TPSA) is 109 Å². The summed E-state index contributed by atoms with van der Waals surface area (Å²) in [4.78, 5) is 34.1. The lowest BCUT2D eigenvalue weighted by Crippen LogP contribution is -2.38. The lowest BCUT2D eigenvalue weighted by molar-refractivity contribution is -0.114. The van der Waals surface area contributed by atoms with E-state index < -0.39 is 0 Å². The molecule has 5 heterocycles. The number of carbonyl (C=O) groups excluding carboxylic acids is 2. The summed E-state index contributed by atoms with van der Waals surface area (Å²) in [7, 11) is 0. The number of rotatable bonds is 4. The first kappa shape index (κ1) is 21.8. The SMILES string of the molecule is CC(=O)Nc1sccc1C(=O)N1CCCC[C@H]1c1cc2nc(N3CCC(N)C3)c(C)cn2n1. The Labute approximate surface area is 196 Å². The quantitative estimate of drug-likeness (QED) is 0.611. The van der Waals surface area contributed by atoms with Crippen LogP contribution in [0.5, 0.6) is 0 Å². The Hall–Kier alpha value is -2.98. The first-order valence-corrected chi connectivity index (χ1v) is 12.3. The second-order valence-corrected chi connectivity index (χ2v) is 9.89. The van der Waals surface area contributed by atoms with E-state index in [1.807, 2.05) is 34.0 Å². The van der Waals surface area contributed by atoms with Gasteiger partial charge in [-0.25, -0.2) is 9.50 Å². The van der Waals surface area contributed by atoms with Crippen LogP contribution in [0.4, 0.5) is 10.8 Å². The van der Waals surface area contributed by atoms with Crippen LogP contribution in [-0.2, 0) is 4.79 Å². The number of nitrogens with one attached hydrogen (secondary N) is 1. The normalized spacial score (nSPS) is 21.1. The molecule has 0 aromatic carbocycles. The van der Waals surface area contributed by atoms with Crippen molar-refractivity contribution in [3.8, 4) is 0 Å². The van der Waals surface area contributed by atoms with Gasteiger partial charge in [0.1, 0.15) is 10.8 Å². The number of piperidine rings is 1. The van der Waals surface area contributed by atoms with E-state index in [-0.39, 0.29) is 23.9 Å². The highest BCUT2D eigenvalue weighted by Crippen LogP contribution is 2.35. The molecule has 2 aliphatic rings. The molecule has 2 saturated heterocycles. The summed E-state index contributed by atoms with van der Waals surface area (Å²) >= 11 is 1.36. The molecule has 1 unspecified atom stereocenters. The van der Waals surface area contributed by atoms with Crippen LogP contribution in [0.3, 0.4) is 0 Å². The minimum Gasteiger partial charge on any atom is -0.355 e. The highest BCUT2D eigenvalue weighted by molar-refractivity contribution is 7.14. The third-order valence-corrected chi connectivity index (χ3v) is 7.27. The standard InChI is InChI=1S/C23H29N7O2S/c1-14-12-30-20(26-21(14)28-9-6-16(24)13-28)11-18(27-30)19-5-3-4-8-29(19)23(32)17-7-10-33-22(17)25-15(2)31/h7,10-12,16,19H,3-6,8-9,13,24H2,1-2H3,(H,25,31)/t16?,19-/m0/s1. The summed E-state index contributed by atoms with van der Waals surface area (Å²) in [6.07, 6.45) is 5.81. The minimum absolute atomic E-state index is 0.0716. The van der Waals surface area contributed by atoms with Gasteiger partial charge in [0.25, 0.3) is 5.91 Å². The lowest BCUT2D eigenvalue weighted by Gasteiger charge is -2.34. The molecule has 0 aliphatic carbocycles. The number of hydrogen-bond acceptors (Lipinski definition) is 7. The summed E-state index contributed by atoms with van der Waals surface area (Å²) in [5.74, 6) is 0.701. The average Bonchev–Trinajstić information content (AvgIpc) is 3.52. The number of hydrogen-bond donors (Lipinski definition) is 2. The van der Waals surface area contributed by atoms with Gasteiger partial charge in [-0.15, -0.1) is 11.3 Å². The van der Waals surface area contributed by atoms with Crippen LogP contribution in [0.2, 0.25) is 0 Å². The summed E-state index contributed by atoms with van der Waals surface area (Å²) in [5.41, 5.74) is 9.32. The van der Waals surface area contributed by atoms with Crippen molar-refractivity contribution in [2.75, 3.05) is 29.9 Å². The van der Waals surface area contributed by atoms with Gasteiger partial charge in [-0.2, -0.15) is 5.10 Å². The summed E-state index contributed by atoms with van der Waals surface area (Å²) in [6, 6.07) is 3.84. The highest BCUT2D eigenvalue weighted by atomic mass is 32.1. The van der Waals surface area contributed by atoms with Gasteiger partial charge in [0.05, 0.1) is 17.3 Å². The van der Waals surface area contributed by atoms with Crippen LogP contribution in [0.25, 0.3) is 5.65 Å². The number of aryl methyl sites for hydroxylation is 1. The number of anilines is 2. The number of carbonyl (C=O) groups is 2. The molecule has 0 spiro atoms. The van der Waals surface area contributed by atoms with E-state index in [0.29, 0.717) is 17.1 Å². The van der Waals surface area contributed by atoms with Gasteiger partial charge in [-0.05, 0) is 44.1 Å². The maximum absolute atomic E-state index is 13.5. The minimum atomic E-state index is -0.182. The zero-order chi connectivity index (χ0) is 23.1. The van der Waals surface area contributed by atoms with Gasteiger partial charge in [-0.1, -0.05) is 0 Å². The number of aromatic nitrogens is 3. The summed E-state index contributed by atoms with van der Waals surface area (Å²) in [5, 5.41) is 10.0. The molecule has 2 aliphatic heterocycles. The molecule has 0 radical (unpaired) electrons. The van der Waals surface area contributed by atoms with E-state index in [2.05, 4.69) is 10.2 Å². The van der Waals surface area contributed by atoms with Crippen molar-refractivity contribution in [1.82, 2.24) is 19.5 Å². The van der Waals surface area contributed by atoms with Crippen molar-refractivity contribution >= 4 is 39.6 Å². The molecule has 5 rings (SSSR count). The number of nitrogens with two attached hydrogens (primary N) is 1. The van der Waals surface area contributed by atoms with Gasteiger partial charge in [-0.3, -0.25) is 9.59 Å². The Morgan fingerprint density at radius 1 is 1.24 bits per heavy atom. The summed E-state index contributed by atoms with van der Waals surface area (Å²) < 4.78 is 1.81. The van der Waals surface area contributed by atoms with Gasteiger partial charge in [0, 0.05) is 50.4 Å². The molecule has 174 valence electrons. The average molecular weight is 468 g/mol. The Morgan fingerprint density at radius 3 is 2.85 bits per heavy atom. The Kier molecular flexibility index (Phi) is 5.79. The smallest absolute Gasteiger partial charge is 0.257 e. The molecule has 2 amide bonds. The van der Waals surface area contributed by atoms with E-state index >= 15 is 0 Å². The van der Waals surface area contributed by atoms with E-state index in [9.17, 15) is 9.59 Å². The molecule has 2 atom stereocenters. The molecule has 2 fully saturated rings. The number of thiophene rings is 1. The maximum Gasteiger partial charge on any atom is 0.257 e. The van der Waals surface area contributed by atoms with E-state index in [1.165, 1.54) is 18.3 Å². The molecular formula is C23H29N7O2S. The first-order chi connectivity index (χ1) is 15.9. The molecule has 10 heteroatoms. The van der Waals surface area contributed by atoms with Crippen LogP contribution in [0, 0.1) is 6.92 Å². The molecule has 0 saturated carbocycles. The monoisotopic (exact) mass is 467 g/mol. The molecular weight excluding hydrogens is 438 g/mol. The van der Waals surface area contributed by atoms with E-state index in [4.69, 9.17) is 15.8 Å². The van der Waals surface area contributed by atoms with Gasteiger partial charge in [0.2, 0.25) is 5.91 Å². The largest absolute Gasteiger partial charge is 0.355 e. The molecule has 3 N–H and O–H groups in total. The Morgan fingerprint density at radius 2 is 2.09 bits per heavy atom. The molecule has 9 nitrogen and oxygen atoms in total. The summed E-state index contributed by atoms with van der Waals surface area (Å²) in [6.45, 7) is 5.88. The van der Waals surface area contributed by atoms with Crippen LogP contribution in [0.15, 0.2) is 23.7 Å². The molecule has 3 aromatic rings. The zero-order valence-electron chi connectivity index (χ0n) is 19.0. The fourth-order valence-electron chi connectivity index (χ4n) is 4.85. The fourth-order valence-corrected chi connectivity index (χ4v) is 5.68. The van der Waals surface area contributed by atoms with E-state index in [0.717, 1.165) is 61.5 Å². The highest BCUT2D eigenvalue weighted by Gasteiger charge is 2.32. The van der Waals surface area contributed by atoms with Crippen molar-refractivity contribution in [2.45, 2.75) is 51.6 Å². The lowest BCUT2D eigenvalue weighted by atomic mass is 9.98. The Balaban J connectivity index is 1.45. The number of fused-ring (bicyclic) bond motifs is 1. The van der Waals surface area contributed by atoms with Crippen LogP contribution in [0.1, 0.15) is 60.3 Å². The second-order valence-electron chi connectivity index (χ2n) is 8.97. The van der Waals surface area contributed by atoms with Crippen molar-refractivity contribution in [3.63, 3.8) is 0 Å². The van der Waals surface area contributed by atoms with Crippen LogP contribution >= 0.6 is 11.3 Å². The maximum atomic E-state index is 13.5. The number of amides is 2.